The topological polar surface area (TPSA) is 41.6 Å². The predicted molar refractivity (Wildman–Crippen MR) is 123 cm³/mol. The Bertz CT molecular complexity index is 946. The Morgan fingerprint density at radius 1 is 0.900 bits per heavy atom. The zero-order valence-corrected chi connectivity index (χ0v) is 18.2. The molecule has 0 saturated heterocycles. The molecule has 1 amide bonds. The minimum Gasteiger partial charge on any atom is -0.497 e. The fourth-order valence-corrected chi connectivity index (χ4v) is 3.53. The van der Waals surface area contributed by atoms with Gasteiger partial charge < -0.3 is 15.0 Å². The molecule has 3 aromatic rings. The number of ether oxygens (including phenoxy) is 1. The van der Waals surface area contributed by atoms with Crippen LogP contribution in [-0.4, -0.2) is 38.6 Å². The van der Waals surface area contributed by atoms with Crippen molar-refractivity contribution in [2.75, 3.05) is 27.7 Å². The van der Waals surface area contributed by atoms with Gasteiger partial charge in [-0.15, -0.1) is 0 Å². The van der Waals surface area contributed by atoms with Crippen molar-refractivity contribution < 1.29 is 9.53 Å². The summed E-state index contributed by atoms with van der Waals surface area (Å²) in [6.45, 7) is 2.71. The van der Waals surface area contributed by atoms with E-state index in [0.29, 0.717) is 12.1 Å². The third-order valence-corrected chi connectivity index (χ3v) is 5.36. The van der Waals surface area contributed by atoms with Gasteiger partial charge in [-0.2, -0.15) is 0 Å². The van der Waals surface area contributed by atoms with Crippen molar-refractivity contribution in [1.29, 1.82) is 0 Å². The van der Waals surface area contributed by atoms with Crippen LogP contribution in [-0.2, 0) is 0 Å². The van der Waals surface area contributed by atoms with Crippen LogP contribution in [0.1, 0.15) is 33.9 Å². The van der Waals surface area contributed by atoms with E-state index in [1.807, 2.05) is 48.5 Å². The lowest BCUT2D eigenvalue weighted by Crippen LogP contribution is -2.29. The molecule has 0 aliphatic rings. The number of carbonyl (C=O) groups is 1. The molecule has 1 unspecified atom stereocenters. The van der Waals surface area contributed by atoms with Gasteiger partial charge in [0.15, 0.2) is 0 Å². The number of nitrogens with one attached hydrogen (secondary N) is 1. The minimum atomic E-state index is -0.0438. The second-order valence-corrected chi connectivity index (χ2v) is 7.74. The molecule has 0 bridgehead atoms. The lowest BCUT2D eigenvalue weighted by Gasteiger charge is -2.25. The van der Waals surface area contributed by atoms with E-state index < -0.39 is 0 Å². The number of methoxy groups -OCH3 is 1. The standard InChI is InChI=1S/C26H30N2O2/c1-19-5-7-22(8-6-19)25(28(2)3)17-18-27-26(29)23-11-9-20(10-12-23)21-13-15-24(30-4)16-14-21/h5-16,25H,17-18H2,1-4H3,(H,27,29). The Morgan fingerprint density at radius 2 is 1.47 bits per heavy atom. The zero-order valence-electron chi connectivity index (χ0n) is 18.2. The van der Waals surface area contributed by atoms with Crippen LogP contribution in [0.2, 0.25) is 0 Å². The Labute approximate surface area is 179 Å². The summed E-state index contributed by atoms with van der Waals surface area (Å²) in [5, 5.41) is 3.06. The van der Waals surface area contributed by atoms with E-state index in [-0.39, 0.29) is 11.9 Å². The number of aryl methyl sites for hydroxylation is 1. The largest absolute Gasteiger partial charge is 0.497 e. The first-order valence-corrected chi connectivity index (χ1v) is 10.2. The van der Waals surface area contributed by atoms with Gasteiger partial charge in [-0.05, 0) is 68.4 Å². The monoisotopic (exact) mass is 402 g/mol. The van der Waals surface area contributed by atoms with Crippen molar-refractivity contribution in [3.63, 3.8) is 0 Å². The summed E-state index contributed by atoms with van der Waals surface area (Å²) in [4.78, 5) is 14.8. The first-order valence-electron chi connectivity index (χ1n) is 10.2. The number of benzene rings is 3. The van der Waals surface area contributed by atoms with Crippen LogP contribution in [0.3, 0.4) is 0 Å². The average molecular weight is 403 g/mol. The van der Waals surface area contributed by atoms with E-state index in [1.54, 1.807) is 7.11 Å². The third-order valence-electron chi connectivity index (χ3n) is 5.36. The number of hydrogen-bond donors (Lipinski definition) is 1. The van der Waals surface area contributed by atoms with E-state index in [4.69, 9.17) is 4.74 Å². The van der Waals surface area contributed by atoms with E-state index in [1.165, 1.54) is 11.1 Å². The highest BCUT2D eigenvalue weighted by Gasteiger charge is 2.14. The highest BCUT2D eigenvalue weighted by Crippen LogP contribution is 2.23. The molecule has 0 aliphatic carbocycles. The molecule has 0 heterocycles. The number of carbonyl (C=O) groups excluding carboxylic acids is 1. The Kier molecular flexibility index (Phi) is 7.26. The molecule has 0 radical (unpaired) electrons. The molecule has 0 fully saturated rings. The minimum absolute atomic E-state index is 0.0438. The lowest BCUT2D eigenvalue weighted by atomic mass is 10.0. The number of amides is 1. The summed E-state index contributed by atoms with van der Waals surface area (Å²) in [6.07, 6.45) is 0.853. The molecule has 1 atom stereocenters. The Balaban J connectivity index is 1.58. The molecule has 0 aromatic heterocycles. The first-order chi connectivity index (χ1) is 14.5. The van der Waals surface area contributed by atoms with Gasteiger partial charge in [0, 0.05) is 18.2 Å². The molecule has 0 saturated carbocycles. The van der Waals surface area contributed by atoms with Crippen molar-refractivity contribution in [1.82, 2.24) is 10.2 Å². The summed E-state index contributed by atoms with van der Waals surface area (Å²) in [5.41, 5.74) is 5.35. The molecule has 30 heavy (non-hydrogen) atoms. The van der Waals surface area contributed by atoms with Gasteiger partial charge in [0.1, 0.15) is 5.75 Å². The van der Waals surface area contributed by atoms with Crippen LogP contribution < -0.4 is 10.1 Å². The van der Waals surface area contributed by atoms with Gasteiger partial charge in [0.2, 0.25) is 0 Å². The summed E-state index contributed by atoms with van der Waals surface area (Å²) in [7, 11) is 5.80. The van der Waals surface area contributed by atoms with Crippen molar-refractivity contribution >= 4 is 5.91 Å². The smallest absolute Gasteiger partial charge is 0.251 e. The summed E-state index contributed by atoms with van der Waals surface area (Å²) in [5.74, 6) is 0.786. The molecule has 4 nitrogen and oxygen atoms in total. The Morgan fingerprint density at radius 3 is 2.00 bits per heavy atom. The van der Waals surface area contributed by atoms with Crippen LogP contribution in [0.25, 0.3) is 11.1 Å². The van der Waals surface area contributed by atoms with Crippen molar-refractivity contribution in [2.45, 2.75) is 19.4 Å². The molecule has 3 rings (SSSR count). The molecule has 4 heteroatoms. The van der Waals surface area contributed by atoms with Gasteiger partial charge in [-0.1, -0.05) is 54.1 Å². The fraction of sp³-hybridized carbons (Fsp3) is 0.269. The lowest BCUT2D eigenvalue weighted by molar-refractivity contribution is 0.0949. The third kappa shape index (κ3) is 5.49. The Hall–Kier alpha value is -3.11. The summed E-state index contributed by atoms with van der Waals surface area (Å²) in [6, 6.07) is 24.5. The number of rotatable bonds is 8. The van der Waals surface area contributed by atoms with Gasteiger partial charge in [-0.3, -0.25) is 4.79 Å². The highest BCUT2D eigenvalue weighted by molar-refractivity contribution is 5.94. The van der Waals surface area contributed by atoms with E-state index in [0.717, 1.165) is 23.3 Å². The van der Waals surface area contributed by atoms with Crippen molar-refractivity contribution in [2.24, 2.45) is 0 Å². The number of nitrogens with zero attached hydrogens (tertiary/aromatic N) is 1. The second kappa shape index (κ2) is 10.1. The molecule has 0 aliphatic heterocycles. The van der Waals surface area contributed by atoms with E-state index in [9.17, 15) is 4.79 Å². The molecule has 3 aromatic carbocycles. The molecular weight excluding hydrogens is 372 g/mol. The summed E-state index contributed by atoms with van der Waals surface area (Å²) >= 11 is 0. The van der Waals surface area contributed by atoms with Crippen LogP contribution >= 0.6 is 0 Å². The highest BCUT2D eigenvalue weighted by atomic mass is 16.5. The van der Waals surface area contributed by atoms with E-state index >= 15 is 0 Å². The van der Waals surface area contributed by atoms with Crippen LogP contribution in [0.5, 0.6) is 5.75 Å². The quantitative estimate of drug-likeness (QED) is 0.570. The van der Waals surface area contributed by atoms with Gasteiger partial charge in [0.25, 0.3) is 5.91 Å². The van der Waals surface area contributed by atoms with Crippen molar-refractivity contribution in [3.05, 3.63) is 89.5 Å². The van der Waals surface area contributed by atoms with Gasteiger partial charge in [0.05, 0.1) is 7.11 Å². The average Bonchev–Trinajstić information content (AvgIpc) is 2.77. The zero-order chi connectivity index (χ0) is 21.5. The maximum atomic E-state index is 12.6. The predicted octanol–water partition coefficient (Wildman–Crippen LogP) is 5.09. The van der Waals surface area contributed by atoms with Gasteiger partial charge in [-0.25, -0.2) is 0 Å². The molecule has 0 spiro atoms. The van der Waals surface area contributed by atoms with Crippen molar-refractivity contribution in [3.8, 4) is 16.9 Å². The molecular formula is C26H30N2O2. The normalized spacial score (nSPS) is 11.9. The van der Waals surface area contributed by atoms with Crippen LogP contribution in [0, 0.1) is 6.92 Å². The second-order valence-electron chi connectivity index (χ2n) is 7.74. The van der Waals surface area contributed by atoms with Crippen LogP contribution in [0.15, 0.2) is 72.8 Å². The fourth-order valence-electron chi connectivity index (χ4n) is 3.53. The maximum Gasteiger partial charge on any atom is 0.251 e. The number of hydrogen-bond acceptors (Lipinski definition) is 3. The first kappa shape index (κ1) is 21.6. The summed E-state index contributed by atoms with van der Waals surface area (Å²) < 4.78 is 5.20. The van der Waals surface area contributed by atoms with Gasteiger partial charge >= 0.3 is 0 Å². The SMILES string of the molecule is COc1ccc(-c2ccc(C(=O)NCCC(c3ccc(C)cc3)N(C)C)cc2)cc1. The molecule has 156 valence electrons. The van der Waals surface area contributed by atoms with E-state index in [2.05, 4.69) is 55.5 Å². The maximum absolute atomic E-state index is 12.6. The van der Waals surface area contributed by atoms with Crippen LogP contribution in [0.4, 0.5) is 0 Å². The molecule has 1 N–H and O–H groups in total.